The zero-order valence-corrected chi connectivity index (χ0v) is 9.52. The Morgan fingerprint density at radius 3 is 2.69 bits per heavy atom. The van der Waals surface area contributed by atoms with E-state index < -0.39 is 29.5 Å². The summed E-state index contributed by atoms with van der Waals surface area (Å²) < 4.78 is 10.5. The van der Waals surface area contributed by atoms with E-state index in [0.29, 0.717) is 13.0 Å². The molecule has 2 fully saturated rings. The van der Waals surface area contributed by atoms with Crippen molar-refractivity contribution >= 4 is 12.1 Å². The van der Waals surface area contributed by atoms with Gasteiger partial charge in [-0.2, -0.15) is 0 Å². The Morgan fingerprint density at radius 2 is 2.25 bits per heavy atom. The molecule has 0 aromatic rings. The highest BCUT2D eigenvalue weighted by atomic mass is 16.7. The number of hydrogen-bond acceptors (Lipinski definition) is 4. The number of rotatable bonds is 2. The second-order valence-corrected chi connectivity index (χ2v) is 5.03. The van der Waals surface area contributed by atoms with Crippen LogP contribution in [0.3, 0.4) is 0 Å². The third-order valence-electron chi connectivity index (χ3n) is 2.72. The number of carboxylic acid groups (broad SMARTS) is 1. The molecule has 6 nitrogen and oxygen atoms in total. The molecule has 0 radical (unpaired) electrons. The van der Waals surface area contributed by atoms with Crippen LogP contribution in [0.2, 0.25) is 0 Å². The topological polar surface area (TPSA) is 76.1 Å². The molecule has 2 aliphatic rings. The molecule has 2 atom stereocenters. The summed E-state index contributed by atoms with van der Waals surface area (Å²) in [7, 11) is 0. The highest BCUT2D eigenvalue weighted by Gasteiger charge is 2.69. The van der Waals surface area contributed by atoms with Gasteiger partial charge in [-0.25, -0.2) is 9.59 Å². The number of nitrogens with zero attached hydrogens (tertiary/aromatic N) is 1. The summed E-state index contributed by atoms with van der Waals surface area (Å²) in [5.74, 6) is -1.17. The number of carboxylic acids is 1. The van der Waals surface area contributed by atoms with Gasteiger partial charge in [0.1, 0.15) is 6.10 Å². The highest BCUT2D eigenvalue weighted by Crippen LogP contribution is 2.42. The first kappa shape index (κ1) is 11.2. The predicted molar refractivity (Wildman–Crippen MR) is 52.8 cm³/mol. The molecule has 1 N–H and O–H groups in total. The molecule has 2 aliphatic heterocycles. The SMILES string of the molecule is CC(C)(C)O[C@H]1CCN2C(=O)O[C@@]12C(=O)O. The van der Waals surface area contributed by atoms with Crippen molar-refractivity contribution in [2.75, 3.05) is 6.54 Å². The molecule has 0 aromatic carbocycles. The van der Waals surface area contributed by atoms with Gasteiger partial charge in [-0.3, -0.25) is 4.90 Å². The first-order valence-electron chi connectivity index (χ1n) is 5.19. The van der Waals surface area contributed by atoms with Crippen LogP contribution in [0.15, 0.2) is 0 Å². The van der Waals surface area contributed by atoms with Gasteiger partial charge in [-0.1, -0.05) is 0 Å². The fraction of sp³-hybridized carbons (Fsp3) is 0.800. The van der Waals surface area contributed by atoms with E-state index in [9.17, 15) is 14.7 Å². The Hall–Kier alpha value is -1.30. The van der Waals surface area contributed by atoms with Crippen LogP contribution in [0.5, 0.6) is 0 Å². The van der Waals surface area contributed by atoms with E-state index in [2.05, 4.69) is 0 Å². The quantitative estimate of drug-likeness (QED) is 0.758. The van der Waals surface area contributed by atoms with Crippen molar-refractivity contribution in [3.63, 3.8) is 0 Å². The molecule has 6 heteroatoms. The molecule has 2 heterocycles. The van der Waals surface area contributed by atoms with Crippen LogP contribution < -0.4 is 0 Å². The zero-order chi connectivity index (χ0) is 12.1. The predicted octanol–water partition coefficient (Wildman–Crippen LogP) is 0.807. The van der Waals surface area contributed by atoms with Gasteiger partial charge < -0.3 is 14.6 Å². The Morgan fingerprint density at radius 1 is 1.62 bits per heavy atom. The van der Waals surface area contributed by atoms with Crippen molar-refractivity contribution in [3.05, 3.63) is 0 Å². The minimum Gasteiger partial charge on any atom is -0.477 e. The first-order valence-corrected chi connectivity index (χ1v) is 5.19. The maximum Gasteiger partial charge on any atom is 0.416 e. The van der Waals surface area contributed by atoms with Crippen LogP contribution in [0.1, 0.15) is 27.2 Å². The van der Waals surface area contributed by atoms with E-state index in [1.54, 1.807) is 0 Å². The lowest BCUT2D eigenvalue weighted by Crippen LogP contribution is -2.71. The molecular formula is C10H15NO5. The first-order chi connectivity index (χ1) is 7.27. The van der Waals surface area contributed by atoms with Gasteiger partial charge >= 0.3 is 17.8 Å². The van der Waals surface area contributed by atoms with Crippen molar-refractivity contribution < 1.29 is 24.2 Å². The van der Waals surface area contributed by atoms with E-state index in [1.807, 2.05) is 20.8 Å². The van der Waals surface area contributed by atoms with Crippen molar-refractivity contribution in [1.29, 1.82) is 0 Å². The number of ether oxygens (including phenoxy) is 2. The normalized spacial score (nSPS) is 33.1. The van der Waals surface area contributed by atoms with Crippen LogP contribution in [-0.2, 0) is 14.3 Å². The maximum atomic E-state index is 11.2. The molecule has 90 valence electrons. The third-order valence-corrected chi connectivity index (χ3v) is 2.72. The highest BCUT2D eigenvalue weighted by molar-refractivity contribution is 5.92. The summed E-state index contributed by atoms with van der Waals surface area (Å²) >= 11 is 0. The molecule has 0 spiro atoms. The van der Waals surface area contributed by atoms with Crippen LogP contribution >= 0.6 is 0 Å². The zero-order valence-electron chi connectivity index (χ0n) is 9.52. The van der Waals surface area contributed by atoms with Gasteiger partial charge in [0.15, 0.2) is 0 Å². The average molecular weight is 229 g/mol. The number of hydrogen-bond donors (Lipinski definition) is 1. The molecule has 1 amide bonds. The summed E-state index contributed by atoms with van der Waals surface area (Å²) in [5, 5.41) is 9.18. The molecule has 0 unspecified atom stereocenters. The van der Waals surface area contributed by atoms with E-state index in [0.717, 1.165) is 0 Å². The van der Waals surface area contributed by atoms with Crippen LogP contribution in [0.25, 0.3) is 0 Å². The Balaban J connectivity index is 2.22. The third kappa shape index (κ3) is 1.36. The summed E-state index contributed by atoms with van der Waals surface area (Å²) in [6.07, 6.45) is -0.708. The fourth-order valence-corrected chi connectivity index (χ4v) is 2.14. The van der Waals surface area contributed by atoms with Gasteiger partial charge in [0.05, 0.1) is 5.60 Å². The molecule has 0 bridgehead atoms. The van der Waals surface area contributed by atoms with Crippen LogP contribution in [-0.4, -0.2) is 46.0 Å². The largest absolute Gasteiger partial charge is 0.477 e. The number of aliphatic carboxylic acids is 1. The molecule has 0 aromatic heterocycles. The molecule has 2 rings (SSSR count). The van der Waals surface area contributed by atoms with Crippen molar-refractivity contribution in [2.24, 2.45) is 0 Å². The van der Waals surface area contributed by atoms with E-state index >= 15 is 0 Å². The van der Waals surface area contributed by atoms with Crippen LogP contribution in [0, 0.1) is 0 Å². The molecule has 2 saturated heterocycles. The lowest BCUT2D eigenvalue weighted by molar-refractivity contribution is -0.241. The Labute approximate surface area is 93.1 Å². The van der Waals surface area contributed by atoms with Gasteiger partial charge in [-0.05, 0) is 27.2 Å². The minimum atomic E-state index is -1.59. The van der Waals surface area contributed by atoms with E-state index in [-0.39, 0.29) is 0 Å². The standard InChI is InChI=1S/C10H15NO5/c1-9(2,3)15-6-4-5-11-8(14)16-10(6,11)7(12)13/h6H,4-5H2,1-3H3,(H,12,13)/t6-,10+/m0/s1. The monoisotopic (exact) mass is 229 g/mol. The number of carbonyl (C=O) groups excluding carboxylic acids is 1. The number of carbonyl (C=O) groups is 2. The molecule has 16 heavy (non-hydrogen) atoms. The summed E-state index contributed by atoms with van der Waals surface area (Å²) in [4.78, 5) is 23.6. The van der Waals surface area contributed by atoms with Gasteiger partial charge in [-0.15, -0.1) is 0 Å². The second-order valence-electron chi connectivity index (χ2n) is 5.03. The second kappa shape index (κ2) is 3.10. The van der Waals surface area contributed by atoms with Crippen molar-refractivity contribution in [3.8, 4) is 0 Å². The lowest BCUT2D eigenvalue weighted by atomic mass is 10.0. The van der Waals surface area contributed by atoms with Crippen LogP contribution in [0.4, 0.5) is 4.79 Å². The van der Waals surface area contributed by atoms with Gasteiger partial charge in [0.25, 0.3) is 0 Å². The number of fused-ring (bicyclic) bond motifs is 1. The summed E-state index contributed by atoms with van der Waals surface area (Å²) in [5.41, 5.74) is -2.06. The van der Waals surface area contributed by atoms with Crippen molar-refractivity contribution in [2.45, 2.75) is 44.6 Å². The fourth-order valence-electron chi connectivity index (χ4n) is 2.14. The summed E-state index contributed by atoms with van der Waals surface area (Å²) in [6, 6.07) is 0. The lowest BCUT2D eigenvalue weighted by Gasteiger charge is -2.46. The summed E-state index contributed by atoms with van der Waals surface area (Å²) in [6.45, 7) is 5.88. The Kier molecular flexibility index (Phi) is 2.17. The Bertz CT molecular complexity index is 348. The van der Waals surface area contributed by atoms with E-state index in [4.69, 9.17) is 9.47 Å². The van der Waals surface area contributed by atoms with Crippen molar-refractivity contribution in [1.82, 2.24) is 4.90 Å². The minimum absolute atomic E-state index is 0.367. The molecule has 0 aliphatic carbocycles. The van der Waals surface area contributed by atoms with Gasteiger partial charge in [0.2, 0.25) is 0 Å². The molecule has 0 saturated carbocycles. The number of amides is 1. The average Bonchev–Trinajstić information content (AvgIpc) is 2.36. The van der Waals surface area contributed by atoms with E-state index in [1.165, 1.54) is 4.90 Å². The van der Waals surface area contributed by atoms with Gasteiger partial charge in [0, 0.05) is 6.54 Å². The smallest absolute Gasteiger partial charge is 0.416 e. The molecular weight excluding hydrogens is 214 g/mol. The maximum absolute atomic E-state index is 11.2.